The van der Waals surface area contributed by atoms with Crippen LogP contribution in [0.25, 0.3) is 10.8 Å². The Hall–Kier alpha value is -1.48. The number of nitrogens with zero attached hydrogens (tertiary/aromatic N) is 2. The van der Waals surface area contributed by atoms with Crippen LogP contribution in [0, 0.1) is 0 Å². The lowest BCUT2D eigenvalue weighted by Gasteiger charge is -2.34. The molecule has 0 spiro atoms. The zero-order valence-electron chi connectivity index (χ0n) is 9.89. The lowest BCUT2D eigenvalue weighted by atomic mass is 9.77. The highest BCUT2D eigenvalue weighted by molar-refractivity contribution is 5.84. The van der Waals surface area contributed by atoms with E-state index in [2.05, 4.69) is 9.97 Å². The van der Waals surface area contributed by atoms with E-state index < -0.39 is 0 Å². The molecule has 2 aromatic rings. The molecule has 88 valence electrons. The first-order chi connectivity index (χ1) is 8.30. The number of nitrogens with two attached hydrogens (primary N) is 1. The van der Waals surface area contributed by atoms with E-state index in [0.717, 1.165) is 23.6 Å². The fourth-order valence-electron chi connectivity index (χ4n) is 2.85. The summed E-state index contributed by atoms with van der Waals surface area (Å²) >= 11 is 0. The van der Waals surface area contributed by atoms with Crippen molar-refractivity contribution in [3.8, 4) is 0 Å². The van der Waals surface area contributed by atoms with Crippen LogP contribution in [0.5, 0.6) is 0 Å². The van der Waals surface area contributed by atoms with Crippen molar-refractivity contribution in [2.24, 2.45) is 5.73 Å². The largest absolute Gasteiger partial charge is 0.321 e. The average Bonchev–Trinajstić information content (AvgIpc) is 2.39. The van der Waals surface area contributed by atoms with Crippen molar-refractivity contribution in [3.05, 3.63) is 36.4 Å². The van der Waals surface area contributed by atoms with E-state index in [1.54, 1.807) is 6.20 Å². The first-order valence-electron chi connectivity index (χ1n) is 6.27. The zero-order chi connectivity index (χ0) is 11.7. The van der Waals surface area contributed by atoms with E-state index in [1.807, 2.05) is 24.7 Å². The van der Waals surface area contributed by atoms with Crippen LogP contribution in [0.4, 0.5) is 0 Å². The van der Waals surface area contributed by atoms with E-state index in [9.17, 15) is 0 Å². The van der Waals surface area contributed by atoms with Gasteiger partial charge >= 0.3 is 0 Å². The minimum atomic E-state index is -0.201. The molecular formula is C14H17N3. The Morgan fingerprint density at radius 3 is 2.65 bits per heavy atom. The van der Waals surface area contributed by atoms with Gasteiger partial charge in [-0.25, -0.2) is 0 Å². The monoisotopic (exact) mass is 227 g/mol. The number of hydrogen-bond acceptors (Lipinski definition) is 3. The van der Waals surface area contributed by atoms with Crippen molar-refractivity contribution in [1.29, 1.82) is 0 Å². The Balaban J connectivity index is 2.16. The Morgan fingerprint density at radius 2 is 1.82 bits per heavy atom. The third-order valence-electron chi connectivity index (χ3n) is 3.84. The van der Waals surface area contributed by atoms with Crippen molar-refractivity contribution in [3.63, 3.8) is 0 Å². The van der Waals surface area contributed by atoms with Gasteiger partial charge < -0.3 is 5.73 Å². The summed E-state index contributed by atoms with van der Waals surface area (Å²) in [7, 11) is 0. The first-order valence-corrected chi connectivity index (χ1v) is 6.27. The van der Waals surface area contributed by atoms with Crippen LogP contribution < -0.4 is 5.73 Å². The topological polar surface area (TPSA) is 51.8 Å². The number of aromatic nitrogens is 2. The molecule has 3 nitrogen and oxygen atoms in total. The minimum absolute atomic E-state index is 0.201. The summed E-state index contributed by atoms with van der Waals surface area (Å²) < 4.78 is 0. The number of pyridine rings is 2. The normalized spacial score (nSPS) is 19.4. The summed E-state index contributed by atoms with van der Waals surface area (Å²) in [5.74, 6) is 0. The van der Waals surface area contributed by atoms with Gasteiger partial charge in [0.05, 0.1) is 0 Å². The fraction of sp³-hybridized carbons (Fsp3) is 0.429. The second-order valence-corrected chi connectivity index (χ2v) is 5.00. The zero-order valence-corrected chi connectivity index (χ0v) is 9.89. The molecule has 1 saturated carbocycles. The molecule has 3 rings (SSSR count). The van der Waals surface area contributed by atoms with E-state index in [0.29, 0.717) is 0 Å². The van der Waals surface area contributed by atoms with Crippen molar-refractivity contribution in [2.75, 3.05) is 0 Å². The van der Waals surface area contributed by atoms with Crippen LogP contribution in [0.3, 0.4) is 0 Å². The Morgan fingerprint density at radius 1 is 1.00 bits per heavy atom. The molecule has 0 aromatic carbocycles. The van der Waals surface area contributed by atoms with E-state index in [4.69, 9.17) is 5.73 Å². The quantitative estimate of drug-likeness (QED) is 0.815. The highest BCUT2D eigenvalue weighted by Gasteiger charge is 2.31. The Labute approximate surface area is 101 Å². The van der Waals surface area contributed by atoms with Crippen LogP contribution in [-0.4, -0.2) is 9.97 Å². The molecule has 0 bridgehead atoms. The molecule has 2 heterocycles. The summed E-state index contributed by atoms with van der Waals surface area (Å²) in [5, 5.41) is 2.29. The van der Waals surface area contributed by atoms with Gasteiger partial charge in [0.1, 0.15) is 0 Å². The van der Waals surface area contributed by atoms with Crippen LogP contribution in [-0.2, 0) is 5.54 Å². The molecule has 0 atom stereocenters. The Bertz CT molecular complexity index is 524. The number of rotatable bonds is 1. The van der Waals surface area contributed by atoms with Crippen molar-refractivity contribution < 1.29 is 0 Å². The summed E-state index contributed by atoms with van der Waals surface area (Å²) in [4.78, 5) is 8.54. The highest BCUT2D eigenvalue weighted by Crippen LogP contribution is 2.37. The summed E-state index contributed by atoms with van der Waals surface area (Å²) in [6, 6.07) is 2.00. The van der Waals surface area contributed by atoms with Gasteiger partial charge in [-0.2, -0.15) is 0 Å². The molecule has 0 saturated heterocycles. The first kappa shape index (κ1) is 10.7. The molecule has 0 radical (unpaired) electrons. The molecule has 0 amide bonds. The van der Waals surface area contributed by atoms with Gasteiger partial charge in [0.2, 0.25) is 0 Å². The van der Waals surface area contributed by atoms with Crippen molar-refractivity contribution >= 4 is 10.8 Å². The molecule has 2 N–H and O–H groups in total. The molecule has 1 fully saturated rings. The van der Waals surface area contributed by atoms with Gasteiger partial charge in [0, 0.05) is 41.1 Å². The van der Waals surface area contributed by atoms with E-state index in [-0.39, 0.29) is 5.54 Å². The molecule has 1 aliphatic carbocycles. The number of fused-ring (bicyclic) bond motifs is 1. The molecule has 0 aliphatic heterocycles. The van der Waals surface area contributed by atoms with Gasteiger partial charge in [-0.15, -0.1) is 0 Å². The average molecular weight is 227 g/mol. The standard InChI is InChI=1S/C14H17N3/c15-14(5-2-1-3-6-14)13-10-17-8-11-4-7-16-9-12(11)13/h4,7-10H,1-3,5-6,15H2. The van der Waals surface area contributed by atoms with Crippen LogP contribution in [0.15, 0.2) is 30.9 Å². The van der Waals surface area contributed by atoms with Crippen molar-refractivity contribution in [1.82, 2.24) is 9.97 Å². The fourth-order valence-corrected chi connectivity index (χ4v) is 2.85. The summed E-state index contributed by atoms with van der Waals surface area (Å²) in [5.41, 5.74) is 7.55. The maximum Gasteiger partial charge on any atom is 0.0431 e. The predicted octanol–water partition coefficient (Wildman–Crippen LogP) is 2.75. The third-order valence-corrected chi connectivity index (χ3v) is 3.84. The van der Waals surface area contributed by atoms with Gasteiger partial charge in [-0.05, 0) is 24.5 Å². The third kappa shape index (κ3) is 1.80. The van der Waals surface area contributed by atoms with E-state index >= 15 is 0 Å². The molecule has 0 unspecified atom stereocenters. The maximum atomic E-state index is 6.58. The highest BCUT2D eigenvalue weighted by atomic mass is 14.8. The number of hydrogen-bond donors (Lipinski definition) is 1. The molecule has 1 aliphatic rings. The summed E-state index contributed by atoms with van der Waals surface area (Å²) in [6.07, 6.45) is 13.4. The molecule has 3 heteroatoms. The summed E-state index contributed by atoms with van der Waals surface area (Å²) in [6.45, 7) is 0. The maximum absolute atomic E-state index is 6.58. The van der Waals surface area contributed by atoms with Gasteiger partial charge in [0.25, 0.3) is 0 Å². The van der Waals surface area contributed by atoms with Crippen LogP contribution in [0.2, 0.25) is 0 Å². The van der Waals surface area contributed by atoms with Gasteiger partial charge in [-0.1, -0.05) is 19.3 Å². The minimum Gasteiger partial charge on any atom is -0.321 e. The molecular weight excluding hydrogens is 210 g/mol. The van der Waals surface area contributed by atoms with Crippen molar-refractivity contribution in [2.45, 2.75) is 37.6 Å². The van der Waals surface area contributed by atoms with Gasteiger partial charge in [0.15, 0.2) is 0 Å². The smallest absolute Gasteiger partial charge is 0.0431 e. The second-order valence-electron chi connectivity index (χ2n) is 5.00. The lowest BCUT2D eigenvalue weighted by molar-refractivity contribution is 0.304. The van der Waals surface area contributed by atoms with E-state index in [1.165, 1.54) is 24.8 Å². The Kier molecular flexibility index (Phi) is 2.56. The SMILES string of the molecule is NC1(c2cncc3ccncc23)CCCCC1. The van der Waals surface area contributed by atoms with Gasteiger partial charge in [-0.3, -0.25) is 9.97 Å². The molecule has 17 heavy (non-hydrogen) atoms. The lowest BCUT2D eigenvalue weighted by Crippen LogP contribution is -2.38. The van der Waals surface area contributed by atoms with Crippen LogP contribution >= 0.6 is 0 Å². The second kappa shape index (κ2) is 4.08. The molecule has 2 aromatic heterocycles. The predicted molar refractivity (Wildman–Crippen MR) is 68.5 cm³/mol. The van der Waals surface area contributed by atoms with Crippen LogP contribution in [0.1, 0.15) is 37.7 Å².